The van der Waals surface area contributed by atoms with Gasteiger partial charge in [0.25, 0.3) is 0 Å². The number of aliphatic hydroxyl groups excluding tert-OH is 1. The first kappa shape index (κ1) is 26.7. The van der Waals surface area contributed by atoms with Crippen LogP contribution in [0.25, 0.3) is 0 Å². The van der Waals surface area contributed by atoms with Gasteiger partial charge in [0.05, 0.1) is 19.1 Å². The molecule has 0 spiro atoms. The van der Waals surface area contributed by atoms with Gasteiger partial charge in [0.15, 0.2) is 6.04 Å². The zero-order chi connectivity index (χ0) is 18.6. The van der Waals surface area contributed by atoms with E-state index in [0.29, 0.717) is 19.4 Å². The quantitative estimate of drug-likeness (QED) is 0.214. The van der Waals surface area contributed by atoms with E-state index in [4.69, 9.17) is 0 Å². The van der Waals surface area contributed by atoms with Crippen molar-refractivity contribution in [1.29, 1.82) is 0 Å². The molecule has 0 saturated carbocycles. The maximum atomic E-state index is 11.8. The molecule has 6 nitrogen and oxygen atoms in total. The Labute approximate surface area is 164 Å². The largest absolute Gasteiger partial charge is 1.00 e. The number of hydrogen-bond donors (Lipinski definition) is 2. The predicted octanol–water partition coefficient (Wildman–Crippen LogP) is -1.45. The van der Waals surface area contributed by atoms with E-state index in [1.54, 1.807) is 13.8 Å². The van der Waals surface area contributed by atoms with Crippen molar-refractivity contribution in [2.24, 2.45) is 0 Å². The first-order chi connectivity index (χ1) is 11.4. The van der Waals surface area contributed by atoms with Gasteiger partial charge in [-0.25, -0.2) is 4.79 Å². The van der Waals surface area contributed by atoms with Gasteiger partial charge >= 0.3 is 24.8 Å². The number of carbonyl (C=O) groups is 2. The Balaban J connectivity index is 0. The molecule has 0 aliphatic heterocycles. The molecule has 0 bridgehead atoms. The van der Waals surface area contributed by atoms with Crippen LogP contribution in [0.4, 0.5) is 0 Å². The second-order valence-corrected chi connectivity index (χ2v) is 6.55. The number of carboxylic acid groups (broad SMARTS) is 2. The van der Waals surface area contributed by atoms with Gasteiger partial charge in [0, 0.05) is 12.8 Å². The smallest absolute Gasteiger partial charge is 0.544 e. The normalized spacial score (nSPS) is 15.7. The van der Waals surface area contributed by atoms with Crippen molar-refractivity contribution >= 4 is 11.9 Å². The summed E-state index contributed by atoms with van der Waals surface area (Å²) in [6.45, 7) is 5.99. The first-order valence-corrected chi connectivity index (χ1v) is 9.32. The predicted molar refractivity (Wildman–Crippen MR) is 91.3 cm³/mol. The second kappa shape index (κ2) is 14.6. The van der Waals surface area contributed by atoms with E-state index >= 15 is 0 Å². The molecule has 142 valence electrons. The molecule has 0 fully saturated rings. The van der Waals surface area contributed by atoms with Gasteiger partial charge in [-0.3, -0.25) is 0 Å². The Morgan fingerprint density at radius 1 is 0.920 bits per heavy atom. The molecule has 0 rings (SSSR count). The van der Waals surface area contributed by atoms with Crippen molar-refractivity contribution in [2.75, 3.05) is 19.7 Å². The van der Waals surface area contributed by atoms with Crippen LogP contribution >= 0.6 is 0 Å². The molecule has 3 atom stereocenters. The summed E-state index contributed by atoms with van der Waals surface area (Å²) in [7, 11) is 0. The van der Waals surface area contributed by atoms with Gasteiger partial charge in [-0.1, -0.05) is 46.5 Å². The number of carbonyl (C=O) groups excluding carboxylic acids is 1. The van der Waals surface area contributed by atoms with Crippen LogP contribution < -0.4 is 24.0 Å². The summed E-state index contributed by atoms with van der Waals surface area (Å²) in [5.41, 5.74) is 0. The zero-order valence-corrected chi connectivity index (χ0v) is 16.5. The van der Waals surface area contributed by atoms with Crippen molar-refractivity contribution in [1.82, 2.24) is 0 Å². The molecule has 0 aromatic heterocycles. The maximum absolute atomic E-state index is 11.8. The molecule has 25 heavy (non-hydrogen) atoms. The standard InChI is InChI=1S/C18H35NO5.Li/c1-4-7-8-9-10-11-12-19(13-14-20,15(5-2)17(21)22)16(6-3)18(23)24;/h15-16,20H,4-14H2,1-3H3,(H-,21,22,23,24);/q;+1. The van der Waals surface area contributed by atoms with Crippen molar-refractivity contribution < 1.29 is 48.3 Å². The minimum absolute atomic E-state index is 0. The summed E-state index contributed by atoms with van der Waals surface area (Å²) in [5, 5.41) is 30.8. The van der Waals surface area contributed by atoms with Crippen molar-refractivity contribution in [3.63, 3.8) is 0 Å². The Kier molecular flexibility index (Phi) is 15.6. The Morgan fingerprint density at radius 2 is 1.44 bits per heavy atom. The minimum atomic E-state index is -1.23. The first-order valence-electron chi connectivity index (χ1n) is 9.32. The maximum Gasteiger partial charge on any atom is 1.00 e. The Bertz CT molecular complexity index is 356. The fraction of sp³-hybridized carbons (Fsp3) is 0.889. The van der Waals surface area contributed by atoms with Crippen LogP contribution in [0.15, 0.2) is 0 Å². The molecule has 0 heterocycles. The summed E-state index contributed by atoms with van der Waals surface area (Å²) in [4.78, 5) is 23.4. The van der Waals surface area contributed by atoms with Crippen LogP contribution in [-0.2, 0) is 9.59 Å². The third-order valence-electron chi connectivity index (χ3n) is 5.02. The van der Waals surface area contributed by atoms with Crippen LogP contribution in [-0.4, -0.2) is 58.4 Å². The Morgan fingerprint density at radius 3 is 1.84 bits per heavy atom. The molecular weight excluding hydrogens is 317 g/mol. The van der Waals surface area contributed by atoms with E-state index in [0.717, 1.165) is 32.1 Å². The van der Waals surface area contributed by atoms with Crippen molar-refractivity contribution in [3.8, 4) is 0 Å². The molecule has 0 aromatic rings. The average molecular weight is 352 g/mol. The average Bonchev–Trinajstić information content (AvgIpc) is 2.51. The number of rotatable bonds is 15. The van der Waals surface area contributed by atoms with Gasteiger partial charge in [0.1, 0.15) is 12.6 Å². The van der Waals surface area contributed by atoms with Crippen molar-refractivity contribution in [3.05, 3.63) is 0 Å². The molecule has 2 N–H and O–H groups in total. The molecule has 0 aliphatic rings. The van der Waals surface area contributed by atoms with E-state index in [1.807, 2.05) is 0 Å². The number of aliphatic hydroxyl groups is 1. The molecular formula is C18H35LiNO5+. The van der Waals surface area contributed by atoms with Gasteiger partial charge < -0.3 is 24.6 Å². The van der Waals surface area contributed by atoms with E-state index in [2.05, 4.69) is 6.92 Å². The SMILES string of the molecule is CCCCCCCC[N+](CCO)(C(CC)C(=O)[O-])C(CC)C(=O)O.[Li+]. The molecule has 0 aliphatic carbocycles. The summed E-state index contributed by atoms with van der Waals surface area (Å²) >= 11 is 0. The fourth-order valence-corrected chi connectivity index (χ4v) is 3.82. The minimum Gasteiger partial charge on any atom is -0.544 e. The summed E-state index contributed by atoms with van der Waals surface area (Å²) in [5.74, 6) is -2.23. The molecule has 0 amide bonds. The fourth-order valence-electron chi connectivity index (χ4n) is 3.82. The van der Waals surface area contributed by atoms with Crippen LogP contribution in [0.3, 0.4) is 0 Å². The second-order valence-electron chi connectivity index (χ2n) is 6.55. The summed E-state index contributed by atoms with van der Waals surface area (Å²) in [6, 6.07) is -1.75. The van der Waals surface area contributed by atoms with E-state index in [9.17, 15) is 24.9 Å². The number of nitrogens with zero attached hydrogens (tertiary/aromatic N) is 1. The number of aliphatic carboxylic acids is 2. The Hall–Kier alpha value is -0.543. The number of quaternary nitrogens is 1. The molecule has 0 saturated heterocycles. The molecule has 0 aromatic carbocycles. The van der Waals surface area contributed by atoms with Crippen LogP contribution in [0, 0.1) is 0 Å². The third-order valence-corrected chi connectivity index (χ3v) is 5.02. The van der Waals surface area contributed by atoms with Crippen molar-refractivity contribution in [2.45, 2.75) is 84.2 Å². The molecule has 3 unspecified atom stereocenters. The van der Waals surface area contributed by atoms with Gasteiger partial charge in [-0.05, 0) is 12.8 Å². The summed E-state index contributed by atoms with van der Waals surface area (Å²) in [6.07, 6.45) is 6.88. The monoisotopic (exact) mass is 352 g/mol. The van der Waals surface area contributed by atoms with E-state index in [1.165, 1.54) is 6.42 Å². The van der Waals surface area contributed by atoms with Gasteiger partial charge in [-0.15, -0.1) is 0 Å². The van der Waals surface area contributed by atoms with Gasteiger partial charge in [-0.2, -0.15) is 0 Å². The van der Waals surface area contributed by atoms with E-state index < -0.39 is 24.0 Å². The van der Waals surface area contributed by atoms with Crippen LogP contribution in [0.1, 0.15) is 72.1 Å². The number of unbranched alkanes of at least 4 members (excludes halogenated alkanes) is 5. The van der Waals surface area contributed by atoms with Gasteiger partial charge in [0.2, 0.25) is 0 Å². The van der Waals surface area contributed by atoms with E-state index in [-0.39, 0.29) is 36.5 Å². The topological polar surface area (TPSA) is 97.7 Å². The third kappa shape index (κ3) is 8.13. The summed E-state index contributed by atoms with van der Waals surface area (Å²) < 4.78 is -0.116. The van der Waals surface area contributed by atoms with Crippen LogP contribution in [0.2, 0.25) is 0 Å². The molecule has 7 heteroatoms. The number of hydrogen-bond acceptors (Lipinski definition) is 4. The molecule has 0 radical (unpaired) electrons. The number of carboxylic acids is 2. The van der Waals surface area contributed by atoms with Crippen LogP contribution in [0.5, 0.6) is 0 Å². The zero-order valence-electron chi connectivity index (χ0n) is 16.5.